The second-order valence-electron chi connectivity index (χ2n) is 6.16. The van der Waals surface area contributed by atoms with Gasteiger partial charge in [0.15, 0.2) is 5.78 Å². The Morgan fingerprint density at radius 2 is 1.60 bits per heavy atom. The van der Waals surface area contributed by atoms with E-state index in [1.54, 1.807) is 36.7 Å². The average molecular weight is 339 g/mol. The maximum absolute atomic E-state index is 12.4. The van der Waals surface area contributed by atoms with Crippen LogP contribution in [0.1, 0.15) is 15.9 Å². The second kappa shape index (κ2) is 7.90. The lowest BCUT2D eigenvalue weighted by molar-refractivity contribution is -0.136. The van der Waals surface area contributed by atoms with Crippen LogP contribution in [0.2, 0.25) is 0 Å². The number of rotatable bonds is 6. The van der Waals surface area contributed by atoms with Crippen LogP contribution in [0.4, 0.5) is 5.69 Å². The van der Waals surface area contributed by atoms with Gasteiger partial charge in [-0.1, -0.05) is 24.3 Å². The molecule has 1 N–H and O–H groups in total. The molecule has 0 amide bonds. The van der Waals surface area contributed by atoms with E-state index in [2.05, 4.69) is 14.8 Å². The van der Waals surface area contributed by atoms with Crippen LogP contribution in [-0.4, -0.2) is 59.5 Å². The first-order valence-corrected chi connectivity index (χ1v) is 8.33. The lowest BCUT2D eigenvalue weighted by Gasteiger charge is -2.35. The topological polar surface area (TPSA) is 73.7 Å². The molecule has 0 bridgehead atoms. The van der Waals surface area contributed by atoms with Gasteiger partial charge in [0.25, 0.3) is 0 Å². The molecule has 1 aliphatic rings. The number of carboxylic acids is 1. The molecule has 1 aromatic heterocycles. The lowest BCUT2D eigenvalue weighted by Crippen LogP contribution is -2.48. The number of anilines is 1. The van der Waals surface area contributed by atoms with Gasteiger partial charge in [-0.3, -0.25) is 19.5 Å². The Balaban J connectivity index is 1.51. The molecule has 6 nitrogen and oxygen atoms in total. The van der Waals surface area contributed by atoms with E-state index in [4.69, 9.17) is 5.11 Å². The van der Waals surface area contributed by atoms with Gasteiger partial charge in [0.2, 0.25) is 0 Å². The van der Waals surface area contributed by atoms with Crippen molar-refractivity contribution in [3.05, 3.63) is 59.9 Å². The SMILES string of the molecule is O=C(O)Cc1ccc(C(=O)CN2CCN(c3ccncc3)CC2)cc1. The summed E-state index contributed by atoms with van der Waals surface area (Å²) >= 11 is 0. The number of ketones is 1. The molecule has 0 aliphatic carbocycles. The number of aromatic nitrogens is 1. The van der Waals surface area contributed by atoms with Gasteiger partial charge in [0.05, 0.1) is 13.0 Å². The highest BCUT2D eigenvalue weighted by Gasteiger charge is 2.19. The summed E-state index contributed by atoms with van der Waals surface area (Å²) in [5, 5.41) is 8.78. The molecule has 2 heterocycles. The first-order chi connectivity index (χ1) is 12.1. The Bertz CT molecular complexity index is 723. The highest BCUT2D eigenvalue weighted by atomic mass is 16.4. The van der Waals surface area contributed by atoms with Crippen molar-refractivity contribution in [2.75, 3.05) is 37.6 Å². The number of Topliss-reactive ketones (excluding diaryl/α,β-unsaturated/α-hetero) is 1. The van der Waals surface area contributed by atoms with Gasteiger partial charge in [-0.15, -0.1) is 0 Å². The van der Waals surface area contributed by atoms with Crippen molar-refractivity contribution >= 4 is 17.4 Å². The van der Waals surface area contributed by atoms with Gasteiger partial charge in [0, 0.05) is 49.8 Å². The van der Waals surface area contributed by atoms with E-state index in [0.29, 0.717) is 17.7 Å². The molecule has 1 aromatic carbocycles. The number of aliphatic carboxylic acids is 1. The molecule has 0 saturated carbocycles. The van der Waals surface area contributed by atoms with Crippen molar-refractivity contribution < 1.29 is 14.7 Å². The zero-order chi connectivity index (χ0) is 17.6. The van der Waals surface area contributed by atoms with Gasteiger partial charge in [0.1, 0.15) is 0 Å². The molecule has 6 heteroatoms. The van der Waals surface area contributed by atoms with Crippen molar-refractivity contribution in [1.29, 1.82) is 0 Å². The average Bonchev–Trinajstić information content (AvgIpc) is 2.63. The lowest BCUT2D eigenvalue weighted by atomic mass is 10.1. The first-order valence-electron chi connectivity index (χ1n) is 8.33. The smallest absolute Gasteiger partial charge is 0.307 e. The Morgan fingerprint density at radius 1 is 0.960 bits per heavy atom. The second-order valence-corrected chi connectivity index (χ2v) is 6.16. The molecule has 25 heavy (non-hydrogen) atoms. The number of carbonyl (C=O) groups excluding carboxylic acids is 1. The van der Waals surface area contributed by atoms with Gasteiger partial charge in [-0.05, 0) is 17.7 Å². The highest BCUT2D eigenvalue weighted by Crippen LogP contribution is 2.15. The molecule has 0 radical (unpaired) electrons. The van der Waals surface area contributed by atoms with E-state index >= 15 is 0 Å². The third kappa shape index (κ3) is 4.64. The van der Waals surface area contributed by atoms with Gasteiger partial charge >= 0.3 is 5.97 Å². The minimum Gasteiger partial charge on any atom is -0.481 e. The Morgan fingerprint density at radius 3 is 2.20 bits per heavy atom. The quantitative estimate of drug-likeness (QED) is 0.808. The van der Waals surface area contributed by atoms with E-state index in [0.717, 1.165) is 31.9 Å². The van der Waals surface area contributed by atoms with Gasteiger partial charge in [-0.25, -0.2) is 0 Å². The standard InChI is InChI=1S/C19H21N3O3/c23-18(16-3-1-15(2-4-16)13-19(24)25)14-21-9-11-22(12-10-21)17-5-7-20-8-6-17/h1-8H,9-14H2,(H,24,25). The van der Waals surface area contributed by atoms with Crippen molar-refractivity contribution in [3.63, 3.8) is 0 Å². The van der Waals surface area contributed by atoms with Gasteiger partial charge < -0.3 is 10.0 Å². The molecule has 130 valence electrons. The summed E-state index contributed by atoms with van der Waals surface area (Å²) in [4.78, 5) is 31.6. The maximum Gasteiger partial charge on any atom is 0.307 e. The van der Waals surface area contributed by atoms with E-state index in [1.807, 2.05) is 12.1 Å². The third-order valence-electron chi connectivity index (χ3n) is 4.40. The third-order valence-corrected chi connectivity index (χ3v) is 4.40. The van der Waals surface area contributed by atoms with Crippen LogP contribution in [0.25, 0.3) is 0 Å². The monoisotopic (exact) mass is 339 g/mol. The molecule has 1 aliphatic heterocycles. The summed E-state index contributed by atoms with van der Waals surface area (Å²) in [6.45, 7) is 3.84. The summed E-state index contributed by atoms with van der Waals surface area (Å²) in [6, 6.07) is 10.9. The fourth-order valence-electron chi connectivity index (χ4n) is 3.00. The number of hydrogen-bond acceptors (Lipinski definition) is 5. The Kier molecular flexibility index (Phi) is 5.40. The predicted octanol–water partition coefficient (Wildman–Crippen LogP) is 1.71. The van der Waals surface area contributed by atoms with Crippen molar-refractivity contribution in [2.45, 2.75) is 6.42 Å². The number of piperazine rings is 1. The minimum absolute atomic E-state index is 0.0224. The molecule has 0 spiro atoms. The van der Waals surface area contributed by atoms with E-state index in [1.165, 1.54) is 0 Å². The van der Waals surface area contributed by atoms with Gasteiger partial charge in [-0.2, -0.15) is 0 Å². The first kappa shape index (κ1) is 17.1. The van der Waals surface area contributed by atoms with Crippen LogP contribution in [-0.2, 0) is 11.2 Å². The fourth-order valence-corrected chi connectivity index (χ4v) is 3.00. The van der Waals surface area contributed by atoms with Crippen LogP contribution in [0.5, 0.6) is 0 Å². The molecular weight excluding hydrogens is 318 g/mol. The number of nitrogens with zero attached hydrogens (tertiary/aromatic N) is 3. The zero-order valence-electron chi connectivity index (χ0n) is 14.0. The molecule has 2 aromatic rings. The van der Waals surface area contributed by atoms with E-state index < -0.39 is 5.97 Å². The molecule has 0 unspecified atom stereocenters. The number of carboxylic acid groups (broad SMARTS) is 1. The van der Waals surface area contributed by atoms with Crippen LogP contribution < -0.4 is 4.90 Å². The summed E-state index contributed by atoms with van der Waals surface area (Å²) in [5.74, 6) is -0.801. The molecule has 1 fully saturated rings. The van der Waals surface area contributed by atoms with E-state index in [9.17, 15) is 9.59 Å². The van der Waals surface area contributed by atoms with Crippen LogP contribution in [0.15, 0.2) is 48.8 Å². The van der Waals surface area contributed by atoms with Crippen LogP contribution in [0, 0.1) is 0 Å². The molecule has 3 rings (SSSR count). The fraction of sp³-hybridized carbons (Fsp3) is 0.316. The van der Waals surface area contributed by atoms with Crippen molar-refractivity contribution in [1.82, 2.24) is 9.88 Å². The number of hydrogen-bond donors (Lipinski definition) is 1. The maximum atomic E-state index is 12.4. The summed E-state index contributed by atoms with van der Waals surface area (Å²) < 4.78 is 0. The molecular formula is C19H21N3O3. The normalized spacial score (nSPS) is 15.1. The summed E-state index contributed by atoms with van der Waals surface area (Å²) in [7, 11) is 0. The number of carbonyl (C=O) groups is 2. The Labute approximate surface area is 146 Å². The van der Waals surface area contributed by atoms with E-state index in [-0.39, 0.29) is 12.2 Å². The number of benzene rings is 1. The number of pyridine rings is 1. The highest BCUT2D eigenvalue weighted by molar-refractivity contribution is 5.97. The van der Waals surface area contributed by atoms with Crippen LogP contribution >= 0.6 is 0 Å². The zero-order valence-corrected chi connectivity index (χ0v) is 14.0. The predicted molar refractivity (Wildman–Crippen MR) is 95.0 cm³/mol. The van der Waals surface area contributed by atoms with Crippen molar-refractivity contribution in [2.24, 2.45) is 0 Å². The largest absolute Gasteiger partial charge is 0.481 e. The Hall–Kier alpha value is -2.73. The molecule has 1 saturated heterocycles. The summed E-state index contributed by atoms with van der Waals surface area (Å²) in [5.41, 5.74) is 2.50. The van der Waals surface area contributed by atoms with Crippen LogP contribution in [0.3, 0.4) is 0 Å². The minimum atomic E-state index is -0.869. The summed E-state index contributed by atoms with van der Waals surface area (Å²) in [6.07, 6.45) is 3.56. The molecule has 0 atom stereocenters. The van der Waals surface area contributed by atoms with Crippen molar-refractivity contribution in [3.8, 4) is 0 Å².